The van der Waals surface area contributed by atoms with Gasteiger partial charge in [0.25, 0.3) is 0 Å². The van der Waals surface area contributed by atoms with Gasteiger partial charge in [-0.1, -0.05) is 0 Å². The van der Waals surface area contributed by atoms with Gasteiger partial charge in [0.2, 0.25) is 0 Å². The Hall–Kier alpha value is 1.25. The van der Waals surface area contributed by atoms with Gasteiger partial charge in [-0.3, -0.25) is 0 Å². The third kappa shape index (κ3) is 12.4. The van der Waals surface area contributed by atoms with Crippen molar-refractivity contribution in [1.82, 2.24) is 0 Å². The van der Waals surface area contributed by atoms with Crippen LogP contribution < -0.4 is 51.4 Å². The molecule has 0 rings (SSSR count). The van der Waals surface area contributed by atoms with Gasteiger partial charge in [-0.25, -0.2) is 8.42 Å². The van der Waals surface area contributed by atoms with E-state index >= 15 is 0 Å². The van der Waals surface area contributed by atoms with Crippen LogP contribution in [0.4, 0.5) is 0 Å². The molecule has 0 aliphatic carbocycles. The average molecular weight is 176 g/mol. The topological polar surface area (TPSA) is 77.4 Å². The molecule has 0 aromatic carbocycles. The van der Waals surface area contributed by atoms with Crippen molar-refractivity contribution in [1.29, 1.82) is 0 Å². The van der Waals surface area contributed by atoms with Crippen LogP contribution in [0.25, 0.3) is 0 Å². The Kier molecular flexibility index (Phi) is 8.57. The van der Waals surface area contributed by atoms with Crippen LogP contribution in [0.2, 0.25) is 0 Å². The zero-order valence-corrected chi connectivity index (χ0v) is 8.88. The van der Waals surface area contributed by atoms with E-state index in [0.29, 0.717) is 5.41 Å². The minimum atomic E-state index is -4.28. The summed E-state index contributed by atoms with van der Waals surface area (Å²) in [4.78, 5) is 0. The smallest absolute Gasteiger partial charge is 0.744 e. The molecule has 0 heterocycles. The summed E-state index contributed by atoms with van der Waals surface area (Å²) in [6.07, 6.45) is 0.863. The molecule has 0 radical (unpaired) electrons. The maximum Gasteiger partial charge on any atom is 1.00 e. The summed E-state index contributed by atoms with van der Waals surface area (Å²) in [7, 11) is -4.28. The van der Waals surface area contributed by atoms with Crippen molar-refractivity contribution < 1.29 is 69.5 Å². The molecule has 0 fully saturated rings. The van der Waals surface area contributed by atoms with Crippen molar-refractivity contribution in [3.63, 3.8) is 0 Å². The van der Waals surface area contributed by atoms with E-state index < -0.39 is 16.7 Å². The molecule has 1 N–H and O–H groups in total. The second-order valence-corrected chi connectivity index (χ2v) is 2.30. The third-order valence-electron chi connectivity index (χ3n) is 0.368. The van der Waals surface area contributed by atoms with Gasteiger partial charge >= 0.3 is 51.4 Å². The van der Waals surface area contributed by atoms with Crippen molar-refractivity contribution in [3.8, 4) is 0 Å². The molecule has 0 aliphatic heterocycles. The van der Waals surface area contributed by atoms with Crippen LogP contribution in [0.3, 0.4) is 0 Å². The van der Waals surface area contributed by atoms with E-state index in [4.69, 9.17) is 5.11 Å². The quantitative estimate of drug-likeness (QED) is 0.344. The van der Waals surface area contributed by atoms with Crippen LogP contribution in [-0.4, -0.2) is 24.7 Å². The predicted octanol–water partition coefficient (Wildman–Crippen LogP) is -3.96. The van der Waals surface area contributed by atoms with Crippen molar-refractivity contribution in [2.24, 2.45) is 0 Å². The van der Waals surface area contributed by atoms with Gasteiger partial charge in [-0.15, -0.1) is 0 Å². The fraction of sp³-hybridized carbons (Fsp3) is 0.333. The first kappa shape index (κ1) is 12.9. The Bertz CT molecular complexity index is 170. The number of aliphatic hydroxyl groups is 1. The molecule has 4 nitrogen and oxygen atoms in total. The van der Waals surface area contributed by atoms with Gasteiger partial charge < -0.3 is 9.66 Å². The summed E-state index contributed by atoms with van der Waals surface area (Å²) >= 11 is 0. The number of hydrogen-bond donors (Lipinski definition) is 1. The van der Waals surface area contributed by atoms with Crippen LogP contribution in [0.5, 0.6) is 0 Å². The molecule has 0 aliphatic rings. The van der Waals surface area contributed by atoms with E-state index in [-0.39, 0.29) is 51.4 Å². The Morgan fingerprint density at radius 2 is 2.00 bits per heavy atom. The molecule has 48 valence electrons. The van der Waals surface area contributed by atoms with Crippen LogP contribution in [0.1, 0.15) is 0 Å². The first-order valence-corrected chi connectivity index (χ1v) is 3.26. The average Bonchev–Trinajstić information content (AvgIpc) is 1.59. The maximum atomic E-state index is 9.64. The number of rotatable bonds is 2. The summed E-state index contributed by atoms with van der Waals surface area (Å²) in [5, 5.41) is 8.35. The van der Waals surface area contributed by atoms with E-state index in [0.717, 1.165) is 6.08 Å². The Balaban J connectivity index is 0. The molecular weight excluding hydrogens is 171 g/mol. The summed E-state index contributed by atoms with van der Waals surface area (Å²) in [5.74, 6) is 0. The SMILES string of the molecule is O=S(=O)([O-])/C=C\CO.[K+]. The Labute approximate surface area is 96.1 Å². The van der Waals surface area contributed by atoms with Crippen molar-refractivity contribution in [3.05, 3.63) is 11.5 Å². The molecule has 0 spiro atoms. The molecule has 0 unspecified atom stereocenters. The Morgan fingerprint density at radius 1 is 1.56 bits per heavy atom. The van der Waals surface area contributed by atoms with Crippen molar-refractivity contribution in [2.75, 3.05) is 6.61 Å². The molecule has 0 amide bonds. The number of hydrogen-bond acceptors (Lipinski definition) is 4. The molecule has 9 heavy (non-hydrogen) atoms. The van der Waals surface area contributed by atoms with Crippen LogP contribution in [0, 0.1) is 0 Å². The van der Waals surface area contributed by atoms with Crippen molar-refractivity contribution in [2.45, 2.75) is 0 Å². The summed E-state index contributed by atoms with van der Waals surface area (Å²) < 4.78 is 28.9. The minimum absolute atomic E-state index is 0. The fourth-order valence-corrected chi connectivity index (χ4v) is 0.483. The number of aliphatic hydroxyl groups excluding tert-OH is 1. The molecule has 0 bridgehead atoms. The van der Waals surface area contributed by atoms with E-state index in [1.165, 1.54) is 0 Å². The van der Waals surface area contributed by atoms with E-state index in [9.17, 15) is 13.0 Å². The standard InChI is InChI=1S/C3H6O4S.K/c4-2-1-3-8(5,6)7;/h1,3-4H,2H2,(H,5,6,7);/q;+1/p-1/b3-1-;. The molecule has 6 heteroatoms. The van der Waals surface area contributed by atoms with E-state index in [1.807, 2.05) is 0 Å². The van der Waals surface area contributed by atoms with Gasteiger partial charge in [0, 0.05) is 5.41 Å². The summed E-state index contributed by atoms with van der Waals surface area (Å²) in [5.41, 5.74) is 0. The minimum Gasteiger partial charge on any atom is -0.744 e. The van der Waals surface area contributed by atoms with E-state index in [1.54, 1.807) is 0 Å². The zero-order chi connectivity index (χ0) is 6.62. The maximum absolute atomic E-state index is 9.64. The molecule has 0 aromatic rings. The molecule has 0 aromatic heterocycles. The van der Waals surface area contributed by atoms with Gasteiger partial charge in [0.15, 0.2) is 0 Å². The molecule has 0 atom stereocenters. The molecule has 0 saturated heterocycles. The summed E-state index contributed by atoms with van der Waals surface area (Å²) in [6.45, 7) is -0.429. The first-order chi connectivity index (χ1) is 3.56. The first-order valence-electron chi connectivity index (χ1n) is 1.79. The summed E-state index contributed by atoms with van der Waals surface area (Å²) in [6, 6.07) is 0. The predicted molar refractivity (Wildman–Crippen MR) is 25.9 cm³/mol. The van der Waals surface area contributed by atoms with Crippen molar-refractivity contribution >= 4 is 10.1 Å². The zero-order valence-electron chi connectivity index (χ0n) is 4.94. The van der Waals surface area contributed by atoms with Crippen LogP contribution in [-0.2, 0) is 10.1 Å². The Morgan fingerprint density at radius 3 is 2.11 bits per heavy atom. The second-order valence-electron chi connectivity index (χ2n) is 1.05. The second kappa shape index (κ2) is 5.99. The van der Waals surface area contributed by atoms with Crippen LogP contribution in [0.15, 0.2) is 11.5 Å². The van der Waals surface area contributed by atoms with Gasteiger partial charge in [0.05, 0.1) is 6.61 Å². The van der Waals surface area contributed by atoms with Gasteiger partial charge in [-0.05, 0) is 6.08 Å². The van der Waals surface area contributed by atoms with E-state index in [2.05, 4.69) is 0 Å². The fourth-order valence-electron chi connectivity index (χ4n) is 0.161. The molecular formula is C3H5KO4S. The van der Waals surface area contributed by atoms with Gasteiger partial charge in [-0.2, -0.15) is 0 Å². The molecule has 0 saturated carbocycles. The normalized spacial score (nSPS) is 11.3. The monoisotopic (exact) mass is 176 g/mol. The third-order valence-corrected chi connectivity index (χ3v) is 0.894. The largest absolute Gasteiger partial charge is 1.00 e. The van der Waals surface area contributed by atoms with Gasteiger partial charge in [0.1, 0.15) is 10.1 Å². The van der Waals surface area contributed by atoms with Crippen LogP contribution >= 0.6 is 0 Å².